The van der Waals surface area contributed by atoms with E-state index in [0.29, 0.717) is 11.8 Å². The van der Waals surface area contributed by atoms with E-state index in [1.165, 1.54) is 19.7 Å². The predicted octanol–water partition coefficient (Wildman–Crippen LogP) is 6.14. The maximum absolute atomic E-state index is 5.32. The number of rotatable bonds is 6. The van der Waals surface area contributed by atoms with Crippen LogP contribution >= 0.6 is 23.1 Å². The van der Waals surface area contributed by atoms with Crippen LogP contribution in [0.4, 0.5) is 5.69 Å². The Labute approximate surface area is 216 Å². The fourth-order valence-corrected chi connectivity index (χ4v) is 6.87. The van der Waals surface area contributed by atoms with Gasteiger partial charge in [0.15, 0.2) is 5.84 Å². The molecule has 0 radical (unpaired) electrons. The molecule has 0 amide bonds. The van der Waals surface area contributed by atoms with Crippen molar-refractivity contribution in [2.75, 3.05) is 26.7 Å². The summed E-state index contributed by atoms with van der Waals surface area (Å²) in [6, 6.07) is 17.1. The van der Waals surface area contributed by atoms with E-state index in [1.54, 1.807) is 30.2 Å². The fourth-order valence-electron chi connectivity index (χ4n) is 4.58. The molecule has 1 saturated heterocycles. The van der Waals surface area contributed by atoms with Crippen molar-refractivity contribution in [1.82, 2.24) is 15.2 Å². The molecule has 2 aromatic carbocycles. The van der Waals surface area contributed by atoms with Gasteiger partial charge in [-0.25, -0.2) is 9.98 Å². The number of benzene rings is 2. The fraction of sp³-hybridized carbons (Fsp3) is 0.357. The second kappa shape index (κ2) is 10.6. The predicted molar refractivity (Wildman–Crippen MR) is 147 cm³/mol. The van der Waals surface area contributed by atoms with E-state index in [9.17, 15) is 0 Å². The minimum absolute atomic E-state index is 0.281. The summed E-state index contributed by atoms with van der Waals surface area (Å²) in [5.74, 6) is 2.59. The lowest BCUT2D eigenvalue weighted by molar-refractivity contribution is 0.252. The molecule has 0 bridgehead atoms. The van der Waals surface area contributed by atoms with Gasteiger partial charge >= 0.3 is 0 Å². The quantitative estimate of drug-likeness (QED) is 0.409. The number of methoxy groups -OCH3 is 1. The number of para-hydroxylation sites is 1. The summed E-state index contributed by atoms with van der Waals surface area (Å²) < 4.78 is 6.56. The molecule has 182 valence electrons. The Morgan fingerprint density at radius 2 is 2.00 bits per heavy atom. The molecule has 0 spiro atoms. The molecular weight excluding hydrogens is 472 g/mol. The molecule has 2 atom stereocenters. The Kier molecular flexibility index (Phi) is 7.27. The van der Waals surface area contributed by atoms with Gasteiger partial charge in [-0.1, -0.05) is 56.0 Å². The maximum atomic E-state index is 5.32. The first-order valence-corrected chi connectivity index (χ1v) is 13.8. The molecule has 7 heteroatoms. The highest BCUT2D eigenvalue weighted by Gasteiger charge is 2.32. The number of amidine groups is 1. The van der Waals surface area contributed by atoms with Gasteiger partial charge in [0, 0.05) is 36.5 Å². The Morgan fingerprint density at radius 1 is 1.20 bits per heavy atom. The lowest BCUT2D eigenvalue weighted by atomic mass is 9.90. The molecule has 0 saturated carbocycles. The smallest absolute Gasteiger partial charge is 0.157 e. The number of ether oxygens (including phenoxy) is 1. The average Bonchev–Trinajstić information content (AvgIpc) is 3.24. The van der Waals surface area contributed by atoms with E-state index >= 15 is 0 Å². The Hall–Kier alpha value is -2.61. The molecule has 1 unspecified atom stereocenters. The van der Waals surface area contributed by atoms with Gasteiger partial charge in [-0.2, -0.15) is 0 Å². The lowest BCUT2D eigenvalue weighted by Gasteiger charge is -2.38. The van der Waals surface area contributed by atoms with Crippen LogP contribution in [0.3, 0.4) is 0 Å². The summed E-state index contributed by atoms with van der Waals surface area (Å²) in [7, 11) is 1.70. The van der Waals surface area contributed by atoms with Crippen molar-refractivity contribution in [3.05, 3.63) is 77.5 Å². The van der Waals surface area contributed by atoms with Gasteiger partial charge in [0.2, 0.25) is 0 Å². The third-order valence-corrected chi connectivity index (χ3v) is 9.16. The largest absolute Gasteiger partial charge is 0.497 e. The number of piperazine rings is 1. The minimum atomic E-state index is 0.281. The number of aliphatic imine (C=N–C) groups is 1. The van der Waals surface area contributed by atoms with E-state index in [2.05, 4.69) is 73.1 Å². The van der Waals surface area contributed by atoms with E-state index in [4.69, 9.17) is 14.7 Å². The van der Waals surface area contributed by atoms with Crippen LogP contribution in [0.5, 0.6) is 5.75 Å². The van der Waals surface area contributed by atoms with Crippen LogP contribution in [0.25, 0.3) is 0 Å². The van der Waals surface area contributed by atoms with Crippen molar-refractivity contribution in [2.24, 2.45) is 10.9 Å². The zero-order chi connectivity index (χ0) is 24.4. The first kappa shape index (κ1) is 24.1. The van der Waals surface area contributed by atoms with E-state index in [0.717, 1.165) is 49.0 Å². The molecule has 1 aromatic heterocycles. The van der Waals surface area contributed by atoms with Crippen molar-refractivity contribution in [2.45, 2.75) is 41.3 Å². The van der Waals surface area contributed by atoms with E-state index in [1.807, 2.05) is 12.1 Å². The van der Waals surface area contributed by atoms with Crippen molar-refractivity contribution in [1.29, 1.82) is 0 Å². The number of thiazole rings is 1. The average molecular weight is 505 g/mol. The number of nitrogens with one attached hydrogen (secondary N) is 1. The van der Waals surface area contributed by atoms with Crippen LogP contribution in [-0.2, 0) is 6.42 Å². The zero-order valence-corrected chi connectivity index (χ0v) is 22.2. The molecule has 35 heavy (non-hydrogen) atoms. The van der Waals surface area contributed by atoms with Crippen LogP contribution in [-0.4, -0.2) is 48.5 Å². The van der Waals surface area contributed by atoms with Gasteiger partial charge in [-0.05, 0) is 42.2 Å². The van der Waals surface area contributed by atoms with Crippen LogP contribution in [0.2, 0.25) is 0 Å². The van der Waals surface area contributed by atoms with Gasteiger partial charge in [0.05, 0.1) is 22.0 Å². The molecule has 1 fully saturated rings. The molecule has 5 rings (SSSR count). The number of aromatic nitrogens is 1. The van der Waals surface area contributed by atoms with Crippen molar-refractivity contribution in [3.63, 3.8) is 0 Å². The molecule has 0 aliphatic carbocycles. The summed E-state index contributed by atoms with van der Waals surface area (Å²) in [6.45, 7) is 11.3. The van der Waals surface area contributed by atoms with Gasteiger partial charge < -0.3 is 15.0 Å². The van der Waals surface area contributed by atoms with Crippen molar-refractivity contribution >= 4 is 34.6 Å². The lowest BCUT2D eigenvalue weighted by Crippen LogP contribution is -2.55. The molecular formula is C28H32N4OS2. The second-order valence-electron chi connectivity index (χ2n) is 9.31. The van der Waals surface area contributed by atoms with Crippen LogP contribution < -0.4 is 10.1 Å². The molecule has 3 heterocycles. The molecule has 3 aromatic rings. The van der Waals surface area contributed by atoms with Gasteiger partial charge in [-0.15, -0.1) is 17.9 Å². The number of fused-ring (bicyclic) bond motifs is 2. The maximum Gasteiger partial charge on any atom is 0.157 e. The highest BCUT2D eigenvalue weighted by molar-refractivity contribution is 8.01. The van der Waals surface area contributed by atoms with Crippen LogP contribution in [0.1, 0.15) is 36.0 Å². The second-order valence-corrected chi connectivity index (χ2v) is 11.6. The highest BCUT2D eigenvalue weighted by Crippen LogP contribution is 2.44. The topological polar surface area (TPSA) is 49.8 Å². The molecule has 5 nitrogen and oxygen atoms in total. The van der Waals surface area contributed by atoms with E-state index < -0.39 is 0 Å². The highest BCUT2D eigenvalue weighted by atomic mass is 32.2. The van der Waals surface area contributed by atoms with Crippen molar-refractivity contribution in [3.8, 4) is 5.75 Å². The number of hydrogen-bond donors (Lipinski definition) is 1. The Morgan fingerprint density at radius 3 is 2.74 bits per heavy atom. The van der Waals surface area contributed by atoms with Gasteiger partial charge in [0.1, 0.15) is 11.4 Å². The first-order chi connectivity index (χ1) is 17.1. The molecule has 2 aliphatic heterocycles. The summed E-state index contributed by atoms with van der Waals surface area (Å²) >= 11 is 3.61. The Balaban J connectivity index is 1.43. The summed E-state index contributed by atoms with van der Waals surface area (Å²) in [5, 5.41) is 4.92. The monoisotopic (exact) mass is 504 g/mol. The van der Waals surface area contributed by atoms with E-state index in [-0.39, 0.29) is 6.04 Å². The van der Waals surface area contributed by atoms with Gasteiger partial charge in [-0.3, -0.25) is 0 Å². The molecule has 1 N–H and O–H groups in total. The standard InChI is InChI=1S/C28H32N4OS2/c1-5-20(16-19-10-12-21(33-4)13-11-19)23-17-32(15-14-29-23)26-25-28(35-27(31-25)18(2)3)34-24-9-7-6-8-22(24)30-26/h5-13,18,20,23,29H,1,14-17H2,2-4H3/t20?,23-/m1/s1. The minimum Gasteiger partial charge on any atom is -0.497 e. The zero-order valence-electron chi connectivity index (χ0n) is 20.5. The van der Waals surface area contributed by atoms with Gasteiger partial charge in [0.25, 0.3) is 0 Å². The number of nitrogens with zero attached hydrogens (tertiary/aromatic N) is 3. The summed E-state index contributed by atoms with van der Waals surface area (Å²) in [4.78, 5) is 13.9. The van der Waals surface area contributed by atoms with Crippen molar-refractivity contribution < 1.29 is 4.74 Å². The normalized spacial score (nSPS) is 18.3. The Bertz CT molecular complexity index is 1220. The van der Waals surface area contributed by atoms with Crippen LogP contribution in [0.15, 0.2) is 75.3 Å². The third-order valence-electron chi connectivity index (χ3n) is 6.57. The third kappa shape index (κ3) is 5.17. The summed E-state index contributed by atoms with van der Waals surface area (Å²) in [6.07, 6.45) is 3.03. The first-order valence-electron chi connectivity index (χ1n) is 12.2. The van der Waals surface area contributed by atoms with Crippen LogP contribution in [0, 0.1) is 5.92 Å². The summed E-state index contributed by atoms with van der Waals surface area (Å²) in [5.41, 5.74) is 3.35. The SMILES string of the molecule is C=CC(Cc1ccc(OC)cc1)[C@H]1CN(C2=Nc3ccccc3Sc3sc(C(C)C)nc32)CCN1. The number of hydrogen-bond acceptors (Lipinski definition) is 7. The molecule has 2 aliphatic rings.